The van der Waals surface area contributed by atoms with Crippen molar-refractivity contribution >= 4 is 11.8 Å². The summed E-state index contributed by atoms with van der Waals surface area (Å²) in [7, 11) is 1.60. The number of carbonyl (C=O) groups is 2. The molecule has 5 nitrogen and oxygen atoms in total. The van der Waals surface area contributed by atoms with E-state index in [1.165, 1.54) is 0 Å². The van der Waals surface area contributed by atoms with Crippen LogP contribution in [-0.4, -0.2) is 53.9 Å². The van der Waals surface area contributed by atoms with Crippen LogP contribution < -0.4 is 4.74 Å². The minimum atomic E-state index is -0.240. The Morgan fingerprint density at radius 1 is 1.36 bits per heavy atom. The Morgan fingerprint density at radius 2 is 2.16 bits per heavy atom. The Morgan fingerprint density at radius 3 is 2.92 bits per heavy atom. The zero-order chi connectivity index (χ0) is 17.9. The fourth-order valence-electron chi connectivity index (χ4n) is 4.18. The molecule has 1 spiro atoms. The molecule has 134 valence electrons. The summed E-state index contributed by atoms with van der Waals surface area (Å²) >= 11 is 0. The van der Waals surface area contributed by atoms with Crippen molar-refractivity contribution in [3.8, 4) is 5.75 Å². The maximum absolute atomic E-state index is 13.0. The third-order valence-corrected chi connectivity index (χ3v) is 5.38. The summed E-state index contributed by atoms with van der Waals surface area (Å²) in [6.45, 7) is 5.69. The minimum Gasteiger partial charge on any atom is -0.497 e. The molecule has 1 unspecified atom stereocenters. The van der Waals surface area contributed by atoms with Crippen molar-refractivity contribution in [2.45, 2.75) is 37.6 Å². The van der Waals surface area contributed by atoms with Crippen molar-refractivity contribution in [1.29, 1.82) is 0 Å². The Hall–Kier alpha value is -2.30. The first-order valence-corrected chi connectivity index (χ1v) is 8.94. The second-order valence-electron chi connectivity index (χ2n) is 6.93. The third-order valence-electron chi connectivity index (χ3n) is 5.38. The van der Waals surface area contributed by atoms with Gasteiger partial charge in [0.1, 0.15) is 5.75 Å². The minimum absolute atomic E-state index is 0.00884. The number of nitrogens with zero attached hydrogens (tertiary/aromatic N) is 2. The maximum Gasteiger partial charge on any atom is 0.254 e. The summed E-state index contributed by atoms with van der Waals surface area (Å²) in [4.78, 5) is 29.3. The second kappa shape index (κ2) is 7.30. The van der Waals surface area contributed by atoms with Crippen molar-refractivity contribution in [2.75, 3.05) is 26.7 Å². The SMILES string of the molecule is C=CCN1C(=O)CCCC12CCCN(C(=O)c1cccc(OC)c1)C2. The summed E-state index contributed by atoms with van der Waals surface area (Å²) in [6, 6.07) is 7.26. The Kier molecular flexibility index (Phi) is 5.11. The monoisotopic (exact) mass is 342 g/mol. The topological polar surface area (TPSA) is 49.9 Å². The fourth-order valence-corrected chi connectivity index (χ4v) is 4.18. The molecule has 5 heteroatoms. The lowest BCUT2D eigenvalue weighted by Crippen LogP contribution is -2.63. The van der Waals surface area contributed by atoms with Gasteiger partial charge in [-0.25, -0.2) is 0 Å². The summed E-state index contributed by atoms with van der Waals surface area (Å²) in [5, 5.41) is 0. The number of amides is 2. The number of piperidine rings is 2. The molecular formula is C20H26N2O3. The number of methoxy groups -OCH3 is 1. The molecule has 2 amide bonds. The molecule has 2 heterocycles. The van der Waals surface area contributed by atoms with Crippen LogP contribution in [0.5, 0.6) is 5.75 Å². The predicted octanol–water partition coefficient (Wildman–Crippen LogP) is 2.87. The van der Waals surface area contributed by atoms with Crippen LogP contribution in [0.2, 0.25) is 0 Å². The first-order chi connectivity index (χ1) is 12.1. The van der Waals surface area contributed by atoms with Crippen LogP contribution in [0, 0.1) is 0 Å². The van der Waals surface area contributed by atoms with Gasteiger partial charge in [-0.2, -0.15) is 0 Å². The van der Waals surface area contributed by atoms with Crippen LogP contribution in [0.25, 0.3) is 0 Å². The maximum atomic E-state index is 13.0. The highest BCUT2D eigenvalue weighted by atomic mass is 16.5. The lowest BCUT2D eigenvalue weighted by atomic mass is 9.79. The summed E-state index contributed by atoms with van der Waals surface area (Å²) in [5.41, 5.74) is 0.393. The number of hydrogen-bond donors (Lipinski definition) is 0. The molecule has 2 aliphatic heterocycles. The number of likely N-dealkylation sites (tertiary alicyclic amines) is 2. The van der Waals surface area contributed by atoms with E-state index in [1.807, 2.05) is 28.0 Å². The van der Waals surface area contributed by atoms with Crippen molar-refractivity contribution in [1.82, 2.24) is 9.80 Å². The Balaban J connectivity index is 1.83. The fraction of sp³-hybridized carbons (Fsp3) is 0.500. The molecule has 0 aliphatic carbocycles. The van der Waals surface area contributed by atoms with Crippen LogP contribution in [0.3, 0.4) is 0 Å². The lowest BCUT2D eigenvalue weighted by molar-refractivity contribution is -0.143. The molecule has 1 aromatic rings. The van der Waals surface area contributed by atoms with Crippen LogP contribution in [-0.2, 0) is 4.79 Å². The molecule has 3 rings (SSSR count). The van der Waals surface area contributed by atoms with Gasteiger partial charge < -0.3 is 14.5 Å². The van der Waals surface area contributed by atoms with Crippen molar-refractivity contribution in [2.24, 2.45) is 0 Å². The van der Waals surface area contributed by atoms with E-state index in [4.69, 9.17) is 4.74 Å². The summed E-state index contributed by atoms with van der Waals surface area (Å²) in [6.07, 6.45) is 6.10. The Bertz CT molecular complexity index is 669. The standard InChI is InChI=1S/C20H26N2O3/c1-3-12-22-18(23)9-5-10-20(22)11-6-13-21(15-20)19(24)16-7-4-8-17(14-16)25-2/h3-4,7-8,14H,1,5-6,9-13,15H2,2H3. The predicted molar refractivity (Wildman–Crippen MR) is 96.6 cm³/mol. The molecule has 2 aliphatic rings. The van der Waals surface area contributed by atoms with E-state index in [0.717, 1.165) is 32.2 Å². The first-order valence-electron chi connectivity index (χ1n) is 8.94. The molecule has 1 aromatic carbocycles. The van der Waals surface area contributed by atoms with E-state index in [1.54, 1.807) is 19.3 Å². The highest BCUT2D eigenvalue weighted by molar-refractivity contribution is 5.94. The Labute approximate surface area is 149 Å². The van der Waals surface area contributed by atoms with Crippen LogP contribution in [0.4, 0.5) is 0 Å². The van der Waals surface area contributed by atoms with Crippen molar-refractivity contribution in [3.63, 3.8) is 0 Å². The van der Waals surface area contributed by atoms with Gasteiger partial charge in [0, 0.05) is 31.6 Å². The zero-order valence-electron chi connectivity index (χ0n) is 14.9. The van der Waals surface area contributed by atoms with Gasteiger partial charge in [-0.15, -0.1) is 6.58 Å². The molecule has 0 saturated carbocycles. The molecule has 1 atom stereocenters. The van der Waals surface area contributed by atoms with Gasteiger partial charge in [0.2, 0.25) is 5.91 Å². The smallest absolute Gasteiger partial charge is 0.254 e. The van der Waals surface area contributed by atoms with Crippen LogP contribution >= 0.6 is 0 Å². The van der Waals surface area contributed by atoms with Gasteiger partial charge in [0.25, 0.3) is 5.91 Å². The molecule has 0 N–H and O–H groups in total. The van der Waals surface area contributed by atoms with Gasteiger partial charge in [0.05, 0.1) is 12.6 Å². The molecule has 0 aromatic heterocycles. The van der Waals surface area contributed by atoms with E-state index in [0.29, 0.717) is 30.8 Å². The summed E-state index contributed by atoms with van der Waals surface area (Å²) < 4.78 is 5.23. The first kappa shape index (κ1) is 17.5. The van der Waals surface area contributed by atoms with Crippen LogP contribution in [0.15, 0.2) is 36.9 Å². The van der Waals surface area contributed by atoms with E-state index in [9.17, 15) is 9.59 Å². The van der Waals surface area contributed by atoms with E-state index >= 15 is 0 Å². The number of ether oxygens (including phenoxy) is 1. The van der Waals surface area contributed by atoms with E-state index < -0.39 is 0 Å². The van der Waals surface area contributed by atoms with Gasteiger partial charge in [0.15, 0.2) is 0 Å². The lowest BCUT2D eigenvalue weighted by Gasteiger charge is -2.52. The number of benzene rings is 1. The van der Waals surface area contributed by atoms with E-state index in [2.05, 4.69) is 6.58 Å². The average Bonchev–Trinajstić information content (AvgIpc) is 2.64. The van der Waals surface area contributed by atoms with Crippen molar-refractivity contribution < 1.29 is 14.3 Å². The molecule has 2 saturated heterocycles. The average molecular weight is 342 g/mol. The van der Waals surface area contributed by atoms with Gasteiger partial charge >= 0.3 is 0 Å². The third kappa shape index (κ3) is 3.41. The summed E-state index contributed by atoms with van der Waals surface area (Å²) in [5.74, 6) is 0.870. The van der Waals surface area contributed by atoms with Gasteiger partial charge in [-0.05, 0) is 43.9 Å². The number of hydrogen-bond acceptors (Lipinski definition) is 3. The number of carbonyl (C=O) groups excluding carboxylic acids is 2. The molecule has 0 radical (unpaired) electrons. The second-order valence-corrected chi connectivity index (χ2v) is 6.93. The molecular weight excluding hydrogens is 316 g/mol. The number of rotatable bonds is 4. The highest BCUT2D eigenvalue weighted by Crippen LogP contribution is 2.37. The van der Waals surface area contributed by atoms with Gasteiger partial charge in [-0.3, -0.25) is 9.59 Å². The molecule has 2 fully saturated rings. The normalized spacial score (nSPS) is 23.6. The van der Waals surface area contributed by atoms with Gasteiger partial charge in [-0.1, -0.05) is 12.1 Å². The van der Waals surface area contributed by atoms with E-state index in [-0.39, 0.29) is 17.4 Å². The van der Waals surface area contributed by atoms with Crippen molar-refractivity contribution in [3.05, 3.63) is 42.5 Å². The quantitative estimate of drug-likeness (QED) is 0.791. The zero-order valence-corrected chi connectivity index (χ0v) is 14.9. The highest BCUT2D eigenvalue weighted by Gasteiger charge is 2.45. The molecule has 0 bridgehead atoms. The molecule has 25 heavy (non-hydrogen) atoms. The largest absolute Gasteiger partial charge is 0.497 e. The van der Waals surface area contributed by atoms with Crippen LogP contribution in [0.1, 0.15) is 42.5 Å².